The standard InChI is InChI=1S/C32H26FN3O4S/c33-24-9-4-6-21(16-24)18-34-31(37)27-20-41-29(35-27)19-40-25-12-11-22-13-14-36(32(38)28-10-5-15-39-28)30(26(22)17-25)23-7-2-1-3-8-23/h1-12,15-17,20,30H,13-14,18-19H2,(H,34,37). The molecule has 3 aromatic carbocycles. The summed E-state index contributed by atoms with van der Waals surface area (Å²) in [6, 6.07) is 25.1. The van der Waals surface area contributed by atoms with E-state index in [0.29, 0.717) is 35.0 Å². The Kier molecular flexibility index (Phi) is 7.60. The number of nitrogens with zero attached hydrogens (tertiary/aromatic N) is 2. The van der Waals surface area contributed by atoms with Gasteiger partial charge in [-0.2, -0.15) is 0 Å². The van der Waals surface area contributed by atoms with E-state index in [0.717, 1.165) is 16.7 Å². The van der Waals surface area contributed by atoms with Crippen LogP contribution in [0.1, 0.15) is 54.3 Å². The van der Waals surface area contributed by atoms with Gasteiger partial charge in [-0.1, -0.05) is 48.5 Å². The smallest absolute Gasteiger partial charge is 0.290 e. The molecule has 5 aromatic rings. The van der Waals surface area contributed by atoms with Crippen LogP contribution >= 0.6 is 11.3 Å². The lowest BCUT2D eigenvalue weighted by Gasteiger charge is -2.37. The van der Waals surface area contributed by atoms with Gasteiger partial charge in [-0.15, -0.1) is 11.3 Å². The van der Waals surface area contributed by atoms with Crippen molar-refractivity contribution in [2.45, 2.75) is 25.6 Å². The molecule has 2 amide bonds. The second-order valence-electron chi connectivity index (χ2n) is 9.63. The van der Waals surface area contributed by atoms with Crippen LogP contribution in [0.2, 0.25) is 0 Å². The van der Waals surface area contributed by atoms with Crippen molar-refractivity contribution in [3.8, 4) is 5.75 Å². The number of ether oxygens (including phenoxy) is 1. The summed E-state index contributed by atoms with van der Waals surface area (Å²) in [6.07, 6.45) is 2.22. The van der Waals surface area contributed by atoms with E-state index in [1.165, 1.54) is 29.7 Å². The van der Waals surface area contributed by atoms with Crippen LogP contribution in [0.3, 0.4) is 0 Å². The fourth-order valence-electron chi connectivity index (χ4n) is 4.98. The van der Waals surface area contributed by atoms with Crippen LogP contribution in [-0.4, -0.2) is 28.2 Å². The Bertz CT molecular complexity index is 1670. The maximum Gasteiger partial charge on any atom is 0.290 e. The third-order valence-corrected chi connectivity index (χ3v) is 7.76. The Labute approximate surface area is 240 Å². The van der Waals surface area contributed by atoms with Gasteiger partial charge in [0.2, 0.25) is 0 Å². The van der Waals surface area contributed by atoms with Gasteiger partial charge in [0.05, 0.1) is 12.3 Å². The first-order chi connectivity index (χ1) is 20.0. The highest BCUT2D eigenvalue weighted by molar-refractivity contribution is 7.09. The number of hydrogen-bond donors (Lipinski definition) is 1. The van der Waals surface area contributed by atoms with Crippen molar-refractivity contribution < 1.29 is 23.1 Å². The van der Waals surface area contributed by atoms with Crippen LogP contribution < -0.4 is 10.1 Å². The number of furan rings is 1. The SMILES string of the molecule is O=C(NCc1cccc(F)c1)c1csc(COc2ccc3c(c2)C(c2ccccc2)N(C(=O)c2ccco2)CC3)n1. The van der Waals surface area contributed by atoms with Gasteiger partial charge in [0.15, 0.2) is 5.76 Å². The highest BCUT2D eigenvalue weighted by Gasteiger charge is 2.34. The number of aromatic nitrogens is 1. The van der Waals surface area contributed by atoms with Crippen molar-refractivity contribution in [1.29, 1.82) is 0 Å². The molecule has 0 bridgehead atoms. The number of hydrogen-bond acceptors (Lipinski definition) is 6. The van der Waals surface area contributed by atoms with Crippen LogP contribution in [0.4, 0.5) is 4.39 Å². The third-order valence-electron chi connectivity index (χ3n) is 6.94. The quantitative estimate of drug-likeness (QED) is 0.242. The summed E-state index contributed by atoms with van der Waals surface area (Å²) in [5.74, 6) is 0.105. The van der Waals surface area contributed by atoms with Gasteiger partial charge in [-0.05, 0) is 65.1 Å². The van der Waals surface area contributed by atoms with E-state index < -0.39 is 0 Å². The van der Waals surface area contributed by atoms with Crippen molar-refractivity contribution in [2.24, 2.45) is 0 Å². The molecule has 0 radical (unpaired) electrons. The first-order valence-electron chi connectivity index (χ1n) is 13.2. The summed E-state index contributed by atoms with van der Waals surface area (Å²) in [4.78, 5) is 32.2. The van der Waals surface area contributed by atoms with Gasteiger partial charge in [0, 0.05) is 18.5 Å². The molecule has 0 saturated heterocycles. The molecule has 6 rings (SSSR count). The molecule has 9 heteroatoms. The molecule has 41 heavy (non-hydrogen) atoms. The molecule has 0 saturated carbocycles. The summed E-state index contributed by atoms with van der Waals surface area (Å²) in [5.41, 5.74) is 4.10. The van der Waals surface area contributed by atoms with Crippen molar-refractivity contribution in [3.63, 3.8) is 0 Å². The summed E-state index contributed by atoms with van der Waals surface area (Å²) < 4.78 is 24.9. The van der Waals surface area contributed by atoms with Crippen molar-refractivity contribution in [1.82, 2.24) is 15.2 Å². The Morgan fingerprint density at radius 3 is 2.73 bits per heavy atom. The number of thiazole rings is 1. The lowest BCUT2D eigenvalue weighted by Crippen LogP contribution is -2.40. The Balaban J connectivity index is 1.17. The molecule has 7 nitrogen and oxygen atoms in total. The fourth-order valence-corrected chi connectivity index (χ4v) is 5.67. The van der Waals surface area contributed by atoms with Crippen LogP contribution in [0, 0.1) is 5.82 Å². The molecular formula is C32H26FN3O4S. The van der Waals surface area contributed by atoms with Gasteiger partial charge in [-0.25, -0.2) is 9.37 Å². The summed E-state index contributed by atoms with van der Waals surface area (Å²) in [7, 11) is 0. The predicted octanol–water partition coefficient (Wildman–Crippen LogP) is 6.17. The van der Waals surface area contributed by atoms with Crippen molar-refractivity contribution >= 4 is 23.2 Å². The molecule has 2 aromatic heterocycles. The molecule has 1 unspecified atom stereocenters. The predicted molar refractivity (Wildman–Crippen MR) is 152 cm³/mol. The van der Waals surface area contributed by atoms with Crippen molar-refractivity contribution in [2.75, 3.05) is 6.54 Å². The minimum Gasteiger partial charge on any atom is -0.486 e. The van der Waals surface area contributed by atoms with Gasteiger partial charge in [0.1, 0.15) is 28.9 Å². The second-order valence-corrected chi connectivity index (χ2v) is 10.6. The number of carbonyl (C=O) groups excluding carboxylic acids is 2. The van der Waals surface area contributed by atoms with Crippen molar-refractivity contribution in [3.05, 3.63) is 141 Å². The van der Waals surface area contributed by atoms with E-state index >= 15 is 0 Å². The van der Waals surface area contributed by atoms with E-state index in [1.54, 1.807) is 29.6 Å². The van der Waals surface area contributed by atoms with E-state index in [2.05, 4.69) is 10.3 Å². The minimum atomic E-state index is -0.348. The van der Waals surface area contributed by atoms with E-state index in [-0.39, 0.29) is 42.5 Å². The molecule has 0 aliphatic carbocycles. The van der Waals surface area contributed by atoms with Crippen LogP contribution in [0.15, 0.2) is 101 Å². The zero-order valence-electron chi connectivity index (χ0n) is 22.0. The number of amides is 2. The van der Waals surface area contributed by atoms with Crippen LogP contribution in [-0.2, 0) is 19.6 Å². The average Bonchev–Trinajstić information content (AvgIpc) is 3.71. The highest BCUT2D eigenvalue weighted by Crippen LogP contribution is 2.38. The van der Waals surface area contributed by atoms with Gasteiger partial charge in [-0.3, -0.25) is 9.59 Å². The van der Waals surface area contributed by atoms with Gasteiger partial charge < -0.3 is 19.4 Å². The maximum absolute atomic E-state index is 13.4. The molecule has 1 aliphatic rings. The topological polar surface area (TPSA) is 84.7 Å². The number of halogens is 1. The minimum absolute atomic E-state index is 0.160. The molecule has 206 valence electrons. The fraction of sp³-hybridized carbons (Fsp3) is 0.156. The second kappa shape index (κ2) is 11.8. The zero-order valence-corrected chi connectivity index (χ0v) is 22.8. The normalized spacial score (nSPS) is 14.4. The Morgan fingerprint density at radius 2 is 1.93 bits per heavy atom. The summed E-state index contributed by atoms with van der Waals surface area (Å²) in [5, 5.41) is 5.09. The Hall–Kier alpha value is -4.76. The zero-order chi connectivity index (χ0) is 28.2. The molecule has 0 fully saturated rings. The van der Waals surface area contributed by atoms with E-state index in [4.69, 9.17) is 9.15 Å². The molecule has 3 heterocycles. The monoisotopic (exact) mass is 567 g/mol. The van der Waals surface area contributed by atoms with E-state index in [9.17, 15) is 14.0 Å². The summed E-state index contributed by atoms with van der Waals surface area (Å²) >= 11 is 1.33. The molecule has 0 spiro atoms. The molecule has 1 aliphatic heterocycles. The summed E-state index contributed by atoms with van der Waals surface area (Å²) in [6.45, 7) is 0.957. The van der Waals surface area contributed by atoms with Gasteiger partial charge >= 0.3 is 0 Å². The number of benzene rings is 3. The number of rotatable bonds is 8. The average molecular weight is 568 g/mol. The van der Waals surface area contributed by atoms with Crippen LogP contribution in [0.25, 0.3) is 0 Å². The van der Waals surface area contributed by atoms with E-state index in [1.807, 2.05) is 53.4 Å². The number of nitrogens with one attached hydrogen (secondary N) is 1. The lowest BCUT2D eigenvalue weighted by molar-refractivity contribution is 0.0661. The molecule has 1 N–H and O–H groups in total. The first-order valence-corrected chi connectivity index (χ1v) is 14.1. The highest BCUT2D eigenvalue weighted by atomic mass is 32.1. The molecule has 1 atom stereocenters. The molecular weight excluding hydrogens is 541 g/mol. The largest absolute Gasteiger partial charge is 0.486 e. The number of carbonyl (C=O) groups is 2. The lowest BCUT2D eigenvalue weighted by atomic mass is 9.87. The number of fused-ring (bicyclic) bond motifs is 1. The maximum atomic E-state index is 13.4. The first kappa shape index (κ1) is 26.5. The van der Waals surface area contributed by atoms with Crippen LogP contribution in [0.5, 0.6) is 5.75 Å². The Morgan fingerprint density at radius 1 is 1.05 bits per heavy atom. The van der Waals surface area contributed by atoms with Gasteiger partial charge in [0.25, 0.3) is 11.8 Å². The third kappa shape index (κ3) is 5.90.